The minimum Gasteiger partial charge on any atom is -0.452 e. The van der Waals surface area contributed by atoms with Crippen molar-refractivity contribution in [2.75, 3.05) is 0 Å². The fraction of sp³-hybridized carbons (Fsp3) is 0.0714. The van der Waals surface area contributed by atoms with Crippen molar-refractivity contribution in [1.82, 2.24) is 4.98 Å². The first-order valence-electron chi connectivity index (χ1n) is 5.59. The Bertz CT molecular complexity index is 693. The molecular weight excluding hydrogens is 292 g/mol. The molecule has 4 heteroatoms. The van der Waals surface area contributed by atoms with Crippen LogP contribution in [0, 0.1) is 0 Å². The van der Waals surface area contributed by atoms with Gasteiger partial charge in [0.1, 0.15) is 5.76 Å². The number of halogens is 1. The number of rotatable bonds is 2. The summed E-state index contributed by atoms with van der Waals surface area (Å²) in [6.45, 7) is 0. The SMILES string of the molecule is NC(c1ccc2ncccc2c1)c1ccc(Br)o1. The lowest BCUT2D eigenvalue weighted by Crippen LogP contribution is -2.10. The van der Waals surface area contributed by atoms with Crippen LogP contribution < -0.4 is 5.73 Å². The number of benzene rings is 1. The molecule has 3 nitrogen and oxygen atoms in total. The van der Waals surface area contributed by atoms with Crippen LogP contribution >= 0.6 is 15.9 Å². The fourth-order valence-electron chi connectivity index (χ4n) is 1.95. The molecule has 0 amide bonds. The van der Waals surface area contributed by atoms with Crippen molar-refractivity contribution in [2.24, 2.45) is 5.73 Å². The zero-order valence-corrected chi connectivity index (χ0v) is 11.1. The summed E-state index contributed by atoms with van der Waals surface area (Å²) in [7, 11) is 0. The number of fused-ring (bicyclic) bond motifs is 1. The van der Waals surface area contributed by atoms with Gasteiger partial charge in [0.15, 0.2) is 4.67 Å². The summed E-state index contributed by atoms with van der Waals surface area (Å²) in [5.41, 5.74) is 8.16. The van der Waals surface area contributed by atoms with E-state index in [9.17, 15) is 0 Å². The number of furan rings is 1. The molecule has 0 radical (unpaired) electrons. The van der Waals surface area contributed by atoms with Gasteiger partial charge in [-0.05, 0) is 51.8 Å². The second kappa shape index (κ2) is 4.55. The molecule has 0 saturated heterocycles. The van der Waals surface area contributed by atoms with Gasteiger partial charge in [0.25, 0.3) is 0 Å². The van der Waals surface area contributed by atoms with Crippen LogP contribution in [0.3, 0.4) is 0 Å². The number of pyridine rings is 1. The Morgan fingerprint density at radius 3 is 2.83 bits per heavy atom. The molecule has 0 saturated carbocycles. The Balaban J connectivity index is 2.03. The second-order valence-electron chi connectivity index (χ2n) is 4.08. The lowest BCUT2D eigenvalue weighted by molar-refractivity contribution is 0.470. The van der Waals surface area contributed by atoms with Crippen molar-refractivity contribution in [3.63, 3.8) is 0 Å². The van der Waals surface area contributed by atoms with Crippen LogP contribution in [0.4, 0.5) is 0 Å². The average Bonchev–Trinajstić information content (AvgIpc) is 2.84. The lowest BCUT2D eigenvalue weighted by atomic mass is 10.0. The zero-order chi connectivity index (χ0) is 12.5. The van der Waals surface area contributed by atoms with E-state index < -0.39 is 0 Å². The topological polar surface area (TPSA) is 52.0 Å². The molecule has 0 aliphatic rings. The highest BCUT2D eigenvalue weighted by Crippen LogP contribution is 2.26. The van der Waals surface area contributed by atoms with Crippen molar-refractivity contribution >= 4 is 26.8 Å². The van der Waals surface area contributed by atoms with Gasteiger partial charge in [-0.3, -0.25) is 4.98 Å². The Hall–Kier alpha value is -1.65. The van der Waals surface area contributed by atoms with Crippen molar-refractivity contribution in [2.45, 2.75) is 6.04 Å². The molecule has 90 valence electrons. The summed E-state index contributed by atoms with van der Waals surface area (Å²) in [6.07, 6.45) is 1.78. The molecule has 3 aromatic rings. The van der Waals surface area contributed by atoms with Gasteiger partial charge >= 0.3 is 0 Å². The first-order chi connectivity index (χ1) is 8.74. The number of aromatic nitrogens is 1. The van der Waals surface area contributed by atoms with E-state index in [-0.39, 0.29) is 6.04 Å². The summed E-state index contributed by atoms with van der Waals surface area (Å²) in [5.74, 6) is 0.741. The van der Waals surface area contributed by atoms with Gasteiger partial charge in [0.2, 0.25) is 0 Å². The molecule has 2 N–H and O–H groups in total. The van der Waals surface area contributed by atoms with E-state index >= 15 is 0 Å². The van der Waals surface area contributed by atoms with Gasteiger partial charge in [-0.1, -0.05) is 12.1 Å². The Kier molecular flexibility index (Phi) is 2.89. The van der Waals surface area contributed by atoms with Gasteiger partial charge in [-0.25, -0.2) is 0 Å². The van der Waals surface area contributed by atoms with Crippen LogP contribution in [0.15, 0.2) is 57.7 Å². The van der Waals surface area contributed by atoms with Crippen molar-refractivity contribution < 1.29 is 4.42 Å². The Morgan fingerprint density at radius 1 is 1.17 bits per heavy atom. The van der Waals surface area contributed by atoms with E-state index in [1.165, 1.54) is 0 Å². The third-order valence-corrected chi connectivity index (χ3v) is 3.31. The summed E-state index contributed by atoms with van der Waals surface area (Å²) < 4.78 is 6.18. The van der Waals surface area contributed by atoms with E-state index in [1.54, 1.807) is 6.20 Å². The minimum absolute atomic E-state index is 0.263. The zero-order valence-electron chi connectivity index (χ0n) is 9.51. The third-order valence-electron chi connectivity index (χ3n) is 2.89. The first kappa shape index (κ1) is 11.4. The first-order valence-corrected chi connectivity index (χ1v) is 6.39. The maximum absolute atomic E-state index is 6.19. The molecule has 2 heterocycles. The van der Waals surface area contributed by atoms with Crippen LogP contribution in [-0.4, -0.2) is 4.98 Å². The van der Waals surface area contributed by atoms with Gasteiger partial charge in [0, 0.05) is 11.6 Å². The van der Waals surface area contributed by atoms with Crippen LogP contribution in [0.1, 0.15) is 17.4 Å². The molecule has 1 aromatic carbocycles. The minimum atomic E-state index is -0.263. The number of nitrogens with zero attached hydrogens (tertiary/aromatic N) is 1. The molecule has 18 heavy (non-hydrogen) atoms. The fourth-order valence-corrected chi connectivity index (χ4v) is 2.27. The van der Waals surface area contributed by atoms with Crippen LogP contribution in [0.5, 0.6) is 0 Å². The summed E-state index contributed by atoms with van der Waals surface area (Å²) in [6, 6.07) is 13.4. The van der Waals surface area contributed by atoms with E-state index in [0.29, 0.717) is 4.67 Å². The molecule has 1 unspecified atom stereocenters. The number of hydrogen-bond donors (Lipinski definition) is 1. The summed E-state index contributed by atoms with van der Waals surface area (Å²) in [5, 5.41) is 1.08. The van der Waals surface area contributed by atoms with Crippen LogP contribution in [-0.2, 0) is 0 Å². The molecule has 0 aliphatic heterocycles. The lowest BCUT2D eigenvalue weighted by Gasteiger charge is -2.09. The average molecular weight is 303 g/mol. The largest absolute Gasteiger partial charge is 0.452 e. The molecule has 0 aliphatic carbocycles. The highest BCUT2D eigenvalue weighted by Gasteiger charge is 2.13. The van der Waals surface area contributed by atoms with Crippen molar-refractivity contribution in [3.05, 3.63) is 64.7 Å². The Labute approximate surface area is 113 Å². The second-order valence-corrected chi connectivity index (χ2v) is 4.86. The van der Waals surface area contributed by atoms with E-state index in [4.69, 9.17) is 10.2 Å². The maximum Gasteiger partial charge on any atom is 0.169 e. The molecular formula is C14H11BrN2O. The van der Waals surface area contributed by atoms with Crippen molar-refractivity contribution in [3.8, 4) is 0 Å². The van der Waals surface area contributed by atoms with Crippen molar-refractivity contribution in [1.29, 1.82) is 0 Å². The molecule has 2 aromatic heterocycles. The van der Waals surface area contributed by atoms with E-state index in [2.05, 4.69) is 20.9 Å². The number of nitrogens with two attached hydrogens (primary N) is 1. The van der Waals surface area contributed by atoms with Gasteiger partial charge in [-0.2, -0.15) is 0 Å². The summed E-state index contributed by atoms with van der Waals surface area (Å²) in [4.78, 5) is 4.29. The van der Waals surface area contributed by atoms with Crippen LogP contribution in [0.2, 0.25) is 0 Å². The van der Waals surface area contributed by atoms with Gasteiger partial charge < -0.3 is 10.2 Å². The predicted octanol–water partition coefficient (Wildman–Crippen LogP) is 3.64. The van der Waals surface area contributed by atoms with Crippen LogP contribution in [0.25, 0.3) is 10.9 Å². The molecule has 3 rings (SSSR count). The molecule has 0 fully saturated rings. The highest BCUT2D eigenvalue weighted by molar-refractivity contribution is 9.10. The highest BCUT2D eigenvalue weighted by atomic mass is 79.9. The standard InChI is InChI=1S/C14H11BrN2O/c15-13-6-5-12(18-13)14(16)10-3-4-11-9(8-10)2-1-7-17-11/h1-8,14H,16H2. The smallest absolute Gasteiger partial charge is 0.169 e. The van der Waals surface area contributed by atoms with Gasteiger partial charge in [-0.15, -0.1) is 0 Å². The third kappa shape index (κ3) is 2.05. The quantitative estimate of drug-likeness (QED) is 0.786. The van der Waals surface area contributed by atoms with E-state index in [0.717, 1.165) is 22.2 Å². The predicted molar refractivity (Wildman–Crippen MR) is 74.2 cm³/mol. The monoisotopic (exact) mass is 302 g/mol. The molecule has 1 atom stereocenters. The van der Waals surface area contributed by atoms with Gasteiger partial charge in [0.05, 0.1) is 11.6 Å². The normalized spacial score (nSPS) is 12.8. The Morgan fingerprint density at radius 2 is 2.06 bits per heavy atom. The van der Waals surface area contributed by atoms with E-state index in [1.807, 2.05) is 42.5 Å². The summed E-state index contributed by atoms with van der Waals surface area (Å²) >= 11 is 3.28. The molecule has 0 spiro atoms. The number of hydrogen-bond acceptors (Lipinski definition) is 3. The maximum atomic E-state index is 6.19. The molecule has 0 bridgehead atoms.